The predicted molar refractivity (Wildman–Crippen MR) is 91.8 cm³/mol. The van der Waals surface area contributed by atoms with Gasteiger partial charge >= 0.3 is 5.97 Å². The summed E-state index contributed by atoms with van der Waals surface area (Å²) < 4.78 is 10.9. The lowest BCUT2D eigenvalue weighted by Gasteiger charge is -2.34. The van der Waals surface area contributed by atoms with Crippen LogP contribution in [0.15, 0.2) is 18.2 Å². The van der Waals surface area contributed by atoms with Gasteiger partial charge in [0.1, 0.15) is 18.1 Å². The van der Waals surface area contributed by atoms with Gasteiger partial charge in [-0.05, 0) is 43.0 Å². The Hall–Kier alpha value is -2.24. The molecule has 1 saturated carbocycles. The fraction of sp³-hybridized carbons (Fsp3) is 0.579. The zero-order chi connectivity index (χ0) is 17.9. The third-order valence-corrected chi connectivity index (χ3v) is 5.41. The summed E-state index contributed by atoms with van der Waals surface area (Å²) >= 11 is 0. The van der Waals surface area contributed by atoms with Crippen molar-refractivity contribution >= 4 is 11.9 Å². The largest absolute Gasteiger partial charge is 0.497 e. The molecule has 0 spiro atoms. The maximum absolute atomic E-state index is 12.6. The zero-order valence-electron chi connectivity index (χ0n) is 14.5. The maximum Gasteiger partial charge on any atom is 0.311 e. The number of methoxy groups -OCH3 is 1. The third-order valence-electron chi connectivity index (χ3n) is 5.41. The van der Waals surface area contributed by atoms with Crippen LogP contribution < -0.4 is 14.8 Å². The Morgan fingerprint density at radius 1 is 1.32 bits per heavy atom. The van der Waals surface area contributed by atoms with Gasteiger partial charge in [-0.1, -0.05) is 19.3 Å². The molecule has 1 aromatic rings. The van der Waals surface area contributed by atoms with Crippen LogP contribution in [0.25, 0.3) is 0 Å². The lowest BCUT2D eigenvalue weighted by Crippen LogP contribution is -2.47. The van der Waals surface area contributed by atoms with Crippen LogP contribution in [0.2, 0.25) is 0 Å². The quantitative estimate of drug-likeness (QED) is 0.854. The smallest absolute Gasteiger partial charge is 0.311 e. The van der Waals surface area contributed by atoms with Crippen molar-refractivity contribution in [1.82, 2.24) is 5.32 Å². The number of hydrogen-bond acceptors (Lipinski definition) is 4. The lowest BCUT2D eigenvalue weighted by molar-refractivity contribution is -0.151. The highest BCUT2D eigenvalue weighted by Crippen LogP contribution is 2.36. The lowest BCUT2D eigenvalue weighted by atomic mass is 9.74. The molecule has 2 aliphatic rings. The number of nitrogens with one attached hydrogen (secondary N) is 1. The molecule has 6 nitrogen and oxygen atoms in total. The van der Waals surface area contributed by atoms with Gasteiger partial charge in [0.15, 0.2) is 0 Å². The van der Waals surface area contributed by atoms with E-state index < -0.39 is 11.4 Å². The molecule has 1 unspecified atom stereocenters. The first-order valence-corrected chi connectivity index (χ1v) is 8.85. The molecule has 1 heterocycles. The molecule has 2 N–H and O–H groups in total. The number of carboxylic acids is 1. The molecule has 1 atom stereocenters. The number of ether oxygens (including phenoxy) is 2. The zero-order valence-corrected chi connectivity index (χ0v) is 14.5. The third kappa shape index (κ3) is 3.72. The summed E-state index contributed by atoms with van der Waals surface area (Å²) in [6, 6.07) is 5.57. The summed E-state index contributed by atoms with van der Waals surface area (Å²) in [6.45, 7) is 0.508. The molecule has 0 saturated heterocycles. The van der Waals surface area contributed by atoms with Crippen LogP contribution in [0.5, 0.6) is 11.5 Å². The Labute approximate surface area is 147 Å². The van der Waals surface area contributed by atoms with E-state index in [0.29, 0.717) is 25.9 Å². The second-order valence-corrected chi connectivity index (χ2v) is 7.05. The molecule has 0 radical (unpaired) electrons. The fourth-order valence-electron chi connectivity index (χ4n) is 3.76. The van der Waals surface area contributed by atoms with Crippen molar-refractivity contribution in [3.05, 3.63) is 23.8 Å². The average Bonchev–Trinajstić information content (AvgIpc) is 2.65. The summed E-state index contributed by atoms with van der Waals surface area (Å²) in [4.78, 5) is 24.3. The Morgan fingerprint density at radius 3 is 2.76 bits per heavy atom. The molecule has 1 aliphatic heterocycles. The van der Waals surface area contributed by atoms with Crippen molar-refractivity contribution in [3.8, 4) is 11.5 Å². The predicted octanol–water partition coefficient (Wildman–Crippen LogP) is 2.40. The number of hydrogen-bond donors (Lipinski definition) is 2. The van der Waals surface area contributed by atoms with E-state index in [4.69, 9.17) is 9.47 Å². The van der Waals surface area contributed by atoms with Crippen molar-refractivity contribution in [3.63, 3.8) is 0 Å². The van der Waals surface area contributed by atoms with Crippen molar-refractivity contribution < 1.29 is 24.2 Å². The number of aliphatic carboxylic acids is 1. The first kappa shape index (κ1) is 17.6. The monoisotopic (exact) mass is 347 g/mol. The molecule has 3 rings (SSSR count). The Balaban J connectivity index is 1.62. The minimum absolute atomic E-state index is 0.139. The van der Waals surface area contributed by atoms with E-state index in [-0.39, 0.29) is 18.4 Å². The van der Waals surface area contributed by atoms with Crippen molar-refractivity contribution in [1.29, 1.82) is 0 Å². The number of carbonyl (C=O) groups excluding carboxylic acids is 1. The van der Waals surface area contributed by atoms with Crippen molar-refractivity contribution in [2.24, 2.45) is 11.3 Å². The Bertz CT molecular complexity index is 651. The van der Waals surface area contributed by atoms with Gasteiger partial charge in [-0.3, -0.25) is 9.59 Å². The van der Waals surface area contributed by atoms with Gasteiger partial charge < -0.3 is 19.9 Å². The molecule has 0 aromatic heterocycles. The van der Waals surface area contributed by atoms with Crippen LogP contribution in [-0.4, -0.2) is 37.2 Å². The van der Waals surface area contributed by atoms with Gasteiger partial charge in [0.2, 0.25) is 5.91 Å². The van der Waals surface area contributed by atoms with Crippen molar-refractivity contribution in [2.45, 2.75) is 38.5 Å². The summed E-state index contributed by atoms with van der Waals surface area (Å²) in [7, 11) is 1.60. The van der Waals surface area contributed by atoms with Crippen LogP contribution in [-0.2, 0) is 16.0 Å². The molecule has 1 amide bonds. The topological polar surface area (TPSA) is 84.9 Å². The molecule has 136 valence electrons. The van der Waals surface area contributed by atoms with E-state index in [9.17, 15) is 14.7 Å². The first-order valence-electron chi connectivity index (χ1n) is 8.85. The van der Waals surface area contributed by atoms with Crippen LogP contribution in [0.3, 0.4) is 0 Å². The molecule has 25 heavy (non-hydrogen) atoms. The highest BCUT2D eigenvalue weighted by molar-refractivity contribution is 5.81. The fourth-order valence-corrected chi connectivity index (χ4v) is 3.76. The molecule has 1 aromatic carbocycles. The van der Waals surface area contributed by atoms with Crippen LogP contribution in [0.4, 0.5) is 0 Å². The van der Waals surface area contributed by atoms with Crippen LogP contribution >= 0.6 is 0 Å². The van der Waals surface area contributed by atoms with E-state index in [1.165, 1.54) is 0 Å². The number of benzene rings is 1. The normalized spacial score (nSPS) is 21.6. The Kier molecular flexibility index (Phi) is 5.16. The van der Waals surface area contributed by atoms with Crippen molar-refractivity contribution in [2.75, 3.05) is 20.3 Å². The average molecular weight is 347 g/mol. The van der Waals surface area contributed by atoms with Crippen LogP contribution in [0, 0.1) is 11.3 Å². The van der Waals surface area contributed by atoms with E-state index in [0.717, 1.165) is 36.3 Å². The number of carbonyl (C=O) groups is 2. The molecule has 0 bridgehead atoms. The number of carboxylic acid groups (broad SMARTS) is 1. The maximum atomic E-state index is 12.6. The van der Waals surface area contributed by atoms with Gasteiger partial charge in [-0.15, -0.1) is 0 Å². The molecular weight excluding hydrogens is 322 g/mol. The Morgan fingerprint density at radius 2 is 2.08 bits per heavy atom. The first-order chi connectivity index (χ1) is 12.0. The van der Waals surface area contributed by atoms with Crippen LogP contribution in [0.1, 0.15) is 37.7 Å². The summed E-state index contributed by atoms with van der Waals surface area (Å²) in [5, 5.41) is 12.5. The van der Waals surface area contributed by atoms with E-state index >= 15 is 0 Å². The minimum atomic E-state index is -0.815. The standard InChI is InChI=1S/C19H25NO5/c1-24-15-5-6-16-13(10-15)9-14(11-25-16)17(21)20-12-19(18(22)23)7-3-2-4-8-19/h5-6,10,14H,2-4,7-9,11-12H2,1H3,(H,20,21)(H,22,23). The van der Waals surface area contributed by atoms with Gasteiger partial charge in [0, 0.05) is 6.54 Å². The summed E-state index contributed by atoms with van der Waals surface area (Å²) in [6.07, 6.45) is 4.70. The second-order valence-electron chi connectivity index (χ2n) is 7.05. The van der Waals surface area contributed by atoms with Gasteiger partial charge in [0.25, 0.3) is 0 Å². The van der Waals surface area contributed by atoms with E-state index in [2.05, 4.69) is 5.32 Å². The molecule has 1 aliphatic carbocycles. The summed E-state index contributed by atoms with van der Waals surface area (Å²) in [5.41, 5.74) is 0.126. The minimum Gasteiger partial charge on any atom is -0.497 e. The second kappa shape index (κ2) is 7.33. The van der Waals surface area contributed by atoms with E-state index in [1.807, 2.05) is 18.2 Å². The highest BCUT2D eigenvalue weighted by Gasteiger charge is 2.40. The highest BCUT2D eigenvalue weighted by atomic mass is 16.5. The number of fused-ring (bicyclic) bond motifs is 1. The number of rotatable bonds is 5. The van der Waals surface area contributed by atoms with Gasteiger partial charge in [-0.2, -0.15) is 0 Å². The molecular formula is C19H25NO5. The summed E-state index contributed by atoms with van der Waals surface area (Å²) in [5.74, 6) is 0.255. The molecule has 6 heteroatoms. The molecule has 1 fully saturated rings. The van der Waals surface area contributed by atoms with Gasteiger partial charge in [-0.25, -0.2) is 0 Å². The number of amides is 1. The van der Waals surface area contributed by atoms with E-state index in [1.54, 1.807) is 7.11 Å². The SMILES string of the molecule is COc1ccc2c(c1)CC(C(=O)NCC1(C(=O)O)CCCCC1)CO2. The van der Waals surface area contributed by atoms with Gasteiger partial charge in [0.05, 0.1) is 18.4 Å².